The Bertz CT molecular complexity index is 643. The van der Waals surface area contributed by atoms with E-state index >= 15 is 0 Å². The minimum Gasteiger partial charge on any atom is -0.480 e. The van der Waals surface area contributed by atoms with E-state index in [0.29, 0.717) is 5.56 Å². The third kappa shape index (κ3) is 4.93. The van der Waals surface area contributed by atoms with Gasteiger partial charge in [-0.1, -0.05) is 48.5 Å². The predicted octanol–water partition coefficient (Wildman–Crippen LogP) is 2.47. The molecular weight excluding hydrogens is 294 g/mol. The number of carboxylic acid groups (broad SMARTS) is 1. The first-order valence-corrected chi connectivity index (χ1v) is 7.32. The molecule has 120 valence electrons. The van der Waals surface area contributed by atoms with E-state index in [4.69, 9.17) is 4.74 Å². The van der Waals surface area contributed by atoms with Crippen LogP contribution in [0, 0.1) is 0 Å². The lowest BCUT2D eigenvalue weighted by atomic mass is 10.1. The van der Waals surface area contributed by atoms with Crippen molar-refractivity contribution < 1.29 is 19.4 Å². The van der Waals surface area contributed by atoms with Crippen LogP contribution in [0.1, 0.15) is 22.8 Å². The van der Waals surface area contributed by atoms with Crippen molar-refractivity contribution in [2.45, 2.75) is 25.7 Å². The topological polar surface area (TPSA) is 75.6 Å². The molecule has 0 saturated heterocycles. The molecule has 2 rings (SSSR count). The number of carboxylic acids is 1. The van der Waals surface area contributed by atoms with Gasteiger partial charge in [-0.05, 0) is 24.6 Å². The molecule has 5 heteroatoms. The average molecular weight is 313 g/mol. The largest absolute Gasteiger partial charge is 0.480 e. The molecule has 0 heterocycles. The first kappa shape index (κ1) is 16.7. The van der Waals surface area contributed by atoms with Gasteiger partial charge in [0.05, 0.1) is 12.7 Å². The highest BCUT2D eigenvalue weighted by Gasteiger charge is 2.27. The van der Waals surface area contributed by atoms with Gasteiger partial charge in [-0.15, -0.1) is 0 Å². The summed E-state index contributed by atoms with van der Waals surface area (Å²) in [7, 11) is 0. The van der Waals surface area contributed by atoms with Crippen molar-refractivity contribution in [3.63, 3.8) is 0 Å². The molecule has 0 aromatic heterocycles. The van der Waals surface area contributed by atoms with Crippen molar-refractivity contribution in [2.24, 2.45) is 0 Å². The van der Waals surface area contributed by atoms with Crippen LogP contribution >= 0.6 is 0 Å². The smallest absolute Gasteiger partial charge is 0.328 e. The Kier molecular flexibility index (Phi) is 5.88. The van der Waals surface area contributed by atoms with Crippen molar-refractivity contribution in [1.82, 2.24) is 5.32 Å². The van der Waals surface area contributed by atoms with Crippen LogP contribution in [0.3, 0.4) is 0 Å². The number of hydrogen-bond acceptors (Lipinski definition) is 3. The van der Waals surface area contributed by atoms with Gasteiger partial charge in [0.25, 0.3) is 5.91 Å². The quantitative estimate of drug-likeness (QED) is 0.823. The summed E-state index contributed by atoms with van der Waals surface area (Å²) in [6.07, 6.45) is -0.666. The summed E-state index contributed by atoms with van der Waals surface area (Å²) in [6, 6.07) is 16.8. The first-order chi connectivity index (χ1) is 11.1. The summed E-state index contributed by atoms with van der Waals surface area (Å²) < 4.78 is 5.59. The molecule has 0 aliphatic rings. The van der Waals surface area contributed by atoms with Crippen LogP contribution in [-0.2, 0) is 16.1 Å². The molecular formula is C18H19NO4. The lowest BCUT2D eigenvalue weighted by molar-refractivity contribution is -0.143. The second-order valence-corrected chi connectivity index (χ2v) is 5.16. The Labute approximate surface area is 134 Å². The number of amides is 1. The molecule has 2 aromatic carbocycles. The second-order valence-electron chi connectivity index (χ2n) is 5.16. The minimum absolute atomic E-state index is 0.285. The summed E-state index contributed by atoms with van der Waals surface area (Å²) in [5.74, 6) is -1.57. The van der Waals surface area contributed by atoms with Gasteiger partial charge in [0.2, 0.25) is 0 Å². The minimum atomic E-state index is -1.13. The maximum atomic E-state index is 12.1. The van der Waals surface area contributed by atoms with Gasteiger partial charge < -0.3 is 15.2 Å². The fraction of sp³-hybridized carbons (Fsp3) is 0.222. The third-order valence-electron chi connectivity index (χ3n) is 3.41. The molecule has 0 unspecified atom stereocenters. The zero-order valence-corrected chi connectivity index (χ0v) is 12.8. The number of rotatable bonds is 7. The summed E-state index contributed by atoms with van der Waals surface area (Å²) in [5.41, 5.74) is 1.35. The Balaban J connectivity index is 1.97. The molecule has 0 spiro atoms. The molecule has 0 aliphatic heterocycles. The van der Waals surface area contributed by atoms with Crippen molar-refractivity contribution in [2.75, 3.05) is 0 Å². The molecule has 0 fully saturated rings. The fourth-order valence-corrected chi connectivity index (χ4v) is 2.09. The highest BCUT2D eigenvalue weighted by Crippen LogP contribution is 2.08. The first-order valence-electron chi connectivity index (χ1n) is 7.32. The van der Waals surface area contributed by atoms with Gasteiger partial charge in [0, 0.05) is 5.56 Å². The third-order valence-corrected chi connectivity index (χ3v) is 3.41. The molecule has 2 aromatic rings. The van der Waals surface area contributed by atoms with Crippen LogP contribution in [-0.4, -0.2) is 29.1 Å². The molecule has 2 atom stereocenters. The van der Waals surface area contributed by atoms with Crippen LogP contribution in [0.4, 0.5) is 0 Å². The van der Waals surface area contributed by atoms with Crippen molar-refractivity contribution in [3.05, 3.63) is 71.8 Å². The van der Waals surface area contributed by atoms with Crippen molar-refractivity contribution >= 4 is 11.9 Å². The average Bonchev–Trinajstić information content (AvgIpc) is 2.58. The number of ether oxygens (including phenoxy) is 1. The fourth-order valence-electron chi connectivity index (χ4n) is 2.09. The van der Waals surface area contributed by atoms with E-state index in [9.17, 15) is 14.7 Å². The Hall–Kier alpha value is -2.66. The SMILES string of the molecule is C[C@H](OCc1ccccc1)[C@@H](NC(=O)c1ccccc1)C(=O)O. The summed E-state index contributed by atoms with van der Waals surface area (Å²) in [5, 5.41) is 11.8. The Morgan fingerprint density at radius 1 is 1.04 bits per heavy atom. The zero-order valence-electron chi connectivity index (χ0n) is 12.8. The molecule has 2 N–H and O–H groups in total. The van der Waals surface area contributed by atoms with Crippen LogP contribution in [0.5, 0.6) is 0 Å². The molecule has 5 nitrogen and oxygen atoms in total. The maximum absolute atomic E-state index is 12.1. The molecule has 1 amide bonds. The Morgan fingerprint density at radius 2 is 1.61 bits per heavy atom. The molecule has 23 heavy (non-hydrogen) atoms. The summed E-state index contributed by atoms with van der Waals surface area (Å²) in [6.45, 7) is 1.92. The van der Waals surface area contributed by atoms with Gasteiger partial charge in [-0.25, -0.2) is 4.79 Å². The number of carbonyl (C=O) groups excluding carboxylic acids is 1. The van der Waals surface area contributed by atoms with E-state index in [0.717, 1.165) is 5.56 Å². The second kappa shape index (κ2) is 8.10. The van der Waals surface area contributed by atoms with Gasteiger partial charge in [0.15, 0.2) is 6.04 Å². The lowest BCUT2D eigenvalue weighted by Gasteiger charge is -2.22. The van der Waals surface area contributed by atoms with E-state index in [1.54, 1.807) is 37.3 Å². The molecule has 0 bridgehead atoms. The van der Waals surface area contributed by atoms with E-state index < -0.39 is 24.0 Å². The standard InChI is InChI=1S/C18H19NO4/c1-13(23-12-14-8-4-2-5-9-14)16(18(21)22)19-17(20)15-10-6-3-7-11-15/h2-11,13,16H,12H2,1H3,(H,19,20)(H,21,22)/t13-,16+/m0/s1. The molecule has 0 saturated carbocycles. The number of nitrogens with one attached hydrogen (secondary N) is 1. The van der Waals surface area contributed by atoms with Crippen LogP contribution in [0.2, 0.25) is 0 Å². The van der Waals surface area contributed by atoms with Crippen molar-refractivity contribution in [3.8, 4) is 0 Å². The van der Waals surface area contributed by atoms with Gasteiger partial charge in [-0.3, -0.25) is 4.79 Å². The van der Waals surface area contributed by atoms with Crippen LogP contribution < -0.4 is 5.32 Å². The van der Waals surface area contributed by atoms with E-state index in [1.807, 2.05) is 30.3 Å². The Morgan fingerprint density at radius 3 is 2.17 bits per heavy atom. The van der Waals surface area contributed by atoms with E-state index in [2.05, 4.69) is 5.32 Å². The highest BCUT2D eigenvalue weighted by molar-refractivity contribution is 5.96. The van der Waals surface area contributed by atoms with E-state index in [-0.39, 0.29) is 6.61 Å². The van der Waals surface area contributed by atoms with Gasteiger partial charge >= 0.3 is 5.97 Å². The van der Waals surface area contributed by atoms with Crippen molar-refractivity contribution in [1.29, 1.82) is 0 Å². The molecule has 0 aliphatic carbocycles. The number of hydrogen-bond donors (Lipinski definition) is 2. The molecule has 0 radical (unpaired) electrons. The lowest BCUT2D eigenvalue weighted by Crippen LogP contribution is -2.48. The predicted molar refractivity (Wildman–Crippen MR) is 86.0 cm³/mol. The van der Waals surface area contributed by atoms with Crippen LogP contribution in [0.25, 0.3) is 0 Å². The van der Waals surface area contributed by atoms with Gasteiger partial charge in [-0.2, -0.15) is 0 Å². The summed E-state index contributed by atoms with van der Waals surface area (Å²) >= 11 is 0. The summed E-state index contributed by atoms with van der Waals surface area (Å²) in [4.78, 5) is 23.5. The number of carbonyl (C=O) groups is 2. The zero-order chi connectivity index (χ0) is 16.7. The van der Waals surface area contributed by atoms with Crippen LogP contribution in [0.15, 0.2) is 60.7 Å². The normalized spacial score (nSPS) is 13.1. The highest BCUT2D eigenvalue weighted by atomic mass is 16.5. The number of benzene rings is 2. The van der Waals surface area contributed by atoms with Gasteiger partial charge in [0.1, 0.15) is 0 Å². The number of aliphatic carboxylic acids is 1. The van der Waals surface area contributed by atoms with E-state index in [1.165, 1.54) is 0 Å². The monoisotopic (exact) mass is 313 g/mol. The maximum Gasteiger partial charge on any atom is 0.328 e.